The lowest BCUT2D eigenvalue weighted by atomic mass is 10.1. The molecule has 0 saturated carbocycles. The lowest BCUT2D eigenvalue weighted by Gasteiger charge is -2.25. The first-order valence-electron chi connectivity index (χ1n) is 8.73. The first kappa shape index (κ1) is 24.5. The highest BCUT2D eigenvalue weighted by atomic mass is 79.9. The predicted octanol–water partition coefficient (Wildman–Crippen LogP) is 1.99. The van der Waals surface area contributed by atoms with E-state index in [0.29, 0.717) is 17.7 Å². The zero-order valence-electron chi connectivity index (χ0n) is 16.8. The van der Waals surface area contributed by atoms with E-state index in [1.54, 1.807) is 6.92 Å². The quantitative estimate of drug-likeness (QED) is 0.377. The molecule has 0 radical (unpaired) electrons. The average Bonchev–Trinajstić information content (AvgIpc) is 2.66. The first-order valence-corrected chi connectivity index (χ1v) is 11.0. The maximum Gasteiger partial charge on any atom is 0.310 e. The third-order valence-electron chi connectivity index (χ3n) is 4.03. The molecule has 0 fully saturated rings. The minimum absolute atomic E-state index is 0.00544. The van der Waals surface area contributed by atoms with E-state index in [0.717, 1.165) is 4.31 Å². The monoisotopic (exact) mass is 478 g/mol. The van der Waals surface area contributed by atoms with Gasteiger partial charge in [0.15, 0.2) is 0 Å². The van der Waals surface area contributed by atoms with Gasteiger partial charge in [0.05, 0.1) is 24.5 Å². The Hall–Kier alpha value is -1.49. The second-order valence-corrected chi connectivity index (χ2v) is 9.28. The van der Waals surface area contributed by atoms with E-state index in [9.17, 15) is 18.0 Å². The number of hydrogen-bond acceptors (Lipinski definition) is 6. The van der Waals surface area contributed by atoms with Crippen LogP contribution >= 0.6 is 15.9 Å². The Morgan fingerprint density at radius 3 is 2.43 bits per heavy atom. The van der Waals surface area contributed by atoms with Crippen LogP contribution in [0.2, 0.25) is 0 Å². The number of nitrogens with zero attached hydrogens (tertiary/aromatic N) is 2. The van der Waals surface area contributed by atoms with E-state index in [2.05, 4.69) is 15.9 Å². The van der Waals surface area contributed by atoms with Crippen LogP contribution in [0, 0.1) is 5.92 Å². The number of methoxy groups -OCH3 is 1. The zero-order valence-corrected chi connectivity index (χ0v) is 19.2. The molecule has 1 unspecified atom stereocenters. The molecule has 0 aromatic heterocycles. The van der Waals surface area contributed by atoms with Gasteiger partial charge in [-0.2, -0.15) is 0 Å². The lowest BCUT2D eigenvalue weighted by Crippen LogP contribution is -2.39. The molecule has 0 heterocycles. The summed E-state index contributed by atoms with van der Waals surface area (Å²) in [5.41, 5.74) is 0.206. The molecule has 1 rings (SSSR count). The average molecular weight is 479 g/mol. The van der Waals surface area contributed by atoms with E-state index in [1.807, 2.05) is 6.92 Å². The third-order valence-corrected chi connectivity index (χ3v) is 6.84. The van der Waals surface area contributed by atoms with Crippen LogP contribution in [0.25, 0.3) is 0 Å². The molecule has 0 aliphatic heterocycles. The lowest BCUT2D eigenvalue weighted by molar-refractivity contribution is -0.145. The van der Waals surface area contributed by atoms with Crippen LogP contribution < -0.4 is 0 Å². The molecule has 8 nitrogen and oxygen atoms in total. The fourth-order valence-corrected chi connectivity index (χ4v) is 4.26. The predicted molar refractivity (Wildman–Crippen MR) is 109 cm³/mol. The minimum Gasteiger partial charge on any atom is -0.469 e. The molecule has 0 aliphatic rings. The number of ether oxygens (including phenoxy) is 2. The van der Waals surface area contributed by atoms with Crippen molar-refractivity contribution in [2.75, 3.05) is 47.5 Å². The van der Waals surface area contributed by atoms with Crippen molar-refractivity contribution in [3.63, 3.8) is 0 Å². The maximum atomic E-state index is 13.0. The molecule has 158 valence electrons. The fourth-order valence-electron chi connectivity index (χ4n) is 2.41. The molecular weight excluding hydrogens is 452 g/mol. The van der Waals surface area contributed by atoms with Crippen molar-refractivity contribution in [3.05, 3.63) is 28.2 Å². The van der Waals surface area contributed by atoms with Gasteiger partial charge in [-0.15, -0.1) is 0 Å². The molecule has 0 bridgehead atoms. The number of carbonyl (C=O) groups excluding carboxylic acids is 2. The molecule has 0 N–H and O–H groups in total. The van der Waals surface area contributed by atoms with Gasteiger partial charge >= 0.3 is 5.97 Å². The van der Waals surface area contributed by atoms with Gasteiger partial charge in [0.2, 0.25) is 10.0 Å². The second-order valence-electron chi connectivity index (χ2n) is 6.30. The van der Waals surface area contributed by atoms with Crippen LogP contribution in [-0.2, 0) is 24.3 Å². The van der Waals surface area contributed by atoms with E-state index < -0.39 is 27.8 Å². The van der Waals surface area contributed by atoms with E-state index in [-0.39, 0.29) is 23.5 Å². The number of amides is 1. The van der Waals surface area contributed by atoms with E-state index >= 15 is 0 Å². The summed E-state index contributed by atoms with van der Waals surface area (Å²) in [4.78, 5) is 26.3. The summed E-state index contributed by atoms with van der Waals surface area (Å²) in [5, 5.41) is 0. The molecule has 0 spiro atoms. The normalized spacial score (nSPS) is 12.7. The van der Waals surface area contributed by atoms with Crippen molar-refractivity contribution in [1.82, 2.24) is 9.21 Å². The number of halogens is 1. The van der Waals surface area contributed by atoms with Gasteiger partial charge in [0, 0.05) is 43.8 Å². The summed E-state index contributed by atoms with van der Waals surface area (Å²) in [6, 6.07) is 4.39. The first-order chi connectivity index (χ1) is 13.1. The van der Waals surface area contributed by atoms with Gasteiger partial charge in [-0.05, 0) is 41.1 Å². The van der Waals surface area contributed by atoms with Gasteiger partial charge in [-0.25, -0.2) is 12.7 Å². The minimum atomic E-state index is -3.73. The van der Waals surface area contributed by atoms with Crippen molar-refractivity contribution < 1.29 is 27.5 Å². The molecule has 1 amide bonds. The Morgan fingerprint density at radius 2 is 1.89 bits per heavy atom. The highest BCUT2D eigenvalue weighted by Crippen LogP contribution is 2.26. The highest BCUT2D eigenvalue weighted by Gasteiger charge is 2.26. The summed E-state index contributed by atoms with van der Waals surface area (Å²) >= 11 is 3.23. The summed E-state index contributed by atoms with van der Waals surface area (Å²) in [7, 11) is 0.395. The van der Waals surface area contributed by atoms with Gasteiger partial charge in [-0.1, -0.05) is 6.92 Å². The molecule has 1 aromatic rings. The topological polar surface area (TPSA) is 93.2 Å². The number of sulfonamides is 1. The highest BCUT2D eigenvalue weighted by molar-refractivity contribution is 9.10. The van der Waals surface area contributed by atoms with Crippen molar-refractivity contribution in [1.29, 1.82) is 0 Å². The second kappa shape index (κ2) is 10.9. The summed E-state index contributed by atoms with van der Waals surface area (Å²) < 4.78 is 36.5. The summed E-state index contributed by atoms with van der Waals surface area (Å²) in [6.45, 7) is 4.70. The van der Waals surface area contributed by atoms with Crippen LogP contribution in [0.5, 0.6) is 0 Å². The van der Waals surface area contributed by atoms with Gasteiger partial charge in [0.25, 0.3) is 5.91 Å². The smallest absolute Gasteiger partial charge is 0.310 e. The van der Waals surface area contributed by atoms with Gasteiger partial charge < -0.3 is 14.4 Å². The number of esters is 1. The van der Waals surface area contributed by atoms with E-state index in [4.69, 9.17) is 9.47 Å². The van der Waals surface area contributed by atoms with Crippen molar-refractivity contribution in [2.45, 2.75) is 18.7 Å². The van der Waals surface area contributed by atoms with E-state index in [1.165, 1.54) is 44.3 Å². The van der Waals surface area contributed by atoms with Crippen LogP contribution in [0.4, 0.5) is 0 Å². The number of benzene rings is 1. The summed E-state index contributed by atoms with van der Waals surface area (Å²) in [5.74, 6) is -1.35. The molecule has 1 atom stereocenters. The zero-order chi connectivity index (χ0) is 21.5. The standard InChI is InChI=1S/C18H27BrN2O6S/c1-6-27-10-9-21(12-13(2)18(23)26-5)17(22)14-7-8-15(19)16(11-14)28(24,25)20(3)4/h7-8,11,13H,6,9-10,12H2,1-5H3. The Morgan fingerprint density at radius 1 is 1.25 bits per heavy atom. The Balaban J connectivity index is 3.22. The number of hydrogen-bond donors (Lipinski definition) is 0. The van der Waals surface area contributed by atoms with Gasteiger partial charge in [0.1, 0.15) is 0 Å². The molecular formula is C18H27BrN2O6S. The Labute approximate surface area is 175 Å². The number of carbonyl (C=O) groups is 2. The largest absolute Gasteiger partial charge is 0.469 e. The molecule has 1 aromatic carbocycles. The maximum absolute atomic E-state index is 13.0. The van der Waals surface area contributed by atoms with Crippen LogP contribution in [0.3, 0.4) is 0 Å². The SMILES string of the molecule is CCOCCN(CC(C)C(=O)OC)C(=O)c1ccc(Br)c(S(=O)(=O)N(C)C)c1. The van der Waals surface area contributed by atoms with Crippen molar-refractivity contribution in [2.24, 2.45) is 5.92 Å². The van der Waals surface area contributed by atoms with Crippen LogP contribution in [0.15, 0.2) is 27.6 Å². The molecule has 0 saturated heterocycles. The Kier molecular flexibility index (Phi) is 9.55. The van der Waals surface area contributed by atoms with Gasteiger partial charge in [-0.3, -0.25) is 9.59 Å². The molecule has 28 heavy (non-hydrogen) atoms. The van der Waals surface area contributed by atoms with Crippen molar-refractivity contribution >= 4 is 37.8 Å². The fraction of sp³-hybridized carbons (Fsp3) is 0.556. The third kappa shape index (κ3) is 6.26. The molecule has 10 heteroatoms. The van der Waals surface area contributed by atoms with Crippen LogP contribution in [0.1, 0.15) is 24.2 Å². The van der Waals surface area contributed by atoms with Crippen LogP contribution in [-0.4, -0.2) is 77.0 Å². The molecule has 0 aliphatic carbocycles. The number of rotatable bonds is 10. The summed E-state index contributed by atoms with van der Waals surface area (Å²) in [6.07, 6.45) is 0. The Bertz CT molecular complexity index is 797. The van der Waals surface area contributed by atoms with Crippen molar-refractivity contribution in [3.8, 4) is 0 Å².